The largest absolute Gasteiger partial charge is 0.598 e. The molecule has 0 amide bonds. The zero-order valence-corrected chi connectivity index (χ0v) is 16.6. The van der Waals surface area contributed by atoms with E-state index < -0.39 is 33.9 Å². The molecule has 0 unspecified atom stereocenters. The molecular formula is C15H20BrClFNO3S. The number of carbonyl (C=O) groups is 1. The lowest BCUT2D eigenvalue weighted by atomic mass is 10.0. The van der Waals surface area contributed by atoms with Gasteiger partial charge in [-0.2, -0.15) is 0 Å². The van der Waals surface area contributed by atoms with E-state index in [1.165, 1.54) is 12.1 Å². The van der Waals surface area contributed by atoms with Gasteiger partial charge in [-0.3, -0.25) is 4.79 Å². The number of ether oxygens (including phenoxy) is 1. The molecule has 0 bridgehead atoms. The van der Waals surface area contributed by atoms with Crippen molar-refractivity contribution >= 4 is 44.9 Å². The van der Waals surface area contributed by atoms with Crippen LogP contribution in [-0.2, 0) is 20.9 Å². The first-order valence-electron chi connectivity index (χ1n) is 7.04. The van der Waals surface area contributed by atoms with Crippen LogP contribution in [0.3, 0.4) is 0 Å². The summed E-state index contributed by atoms with van der Waals surface area (Å²) < 4.78 is 34.1. The molecule has 23 heavy (non-hydrogen) atoms. The van der Waals surface area contributed by atoms with Gasteiger partial charge in [0, 0.05) is 21.9 Å². The van der Waals surface area contributed by atoms with Gasteiger partial charge < -0.3 is 9.29 Å². The molecule has 0 aliphatic carbocycles. The molecule has 0 aromatic heterocycles. The van der Waals surface area contributed by atoms with Crippen molar-refractivity contribution in [1.29, 1.82) is 0 Å². The zero-order valence-electron chi connectivity index (χ0n) is 13.4. The summed E-state index contributed by atoms with van der Waals surface area (Å²) in [6.07, 6.45) is -0.153. The van der Waals surface area contributed by atoms with Crippen LogP contribution in [0.25, 0.3) is 0 Å². The monoisotopic (exact) mass is 427 g/mol. The van der Waals surface area contributed by atoms with Gasteiger partial charge in [-0.1, -0.05) is 11.6 Å². The van der Waals surface area contributed by atoms with Crippen molar-refractivity contribution in [1.82, 2.24) is 4.72 Å². The molecule has 0 heterocycles. The molecular weight excluding hydrogens is 409 g/mol. The number of carbonyl (C=O) groups excluding carboxylic acids is 1. The van der Waals surface area contributed by atoms with Gasteiger partial charge >= 0.3 is 5.97 Å². The molecule has 4 nitrogen and oxygen atoms in total. The maximum Gasteiger partial charge on any atom is 0.307 e. The summed E-state index contributed by atoms with van der Waals surface area (Å²) in [6.45, 7) is 7.24. The van der Waals surface area contributed by atoms with E-state index in [0.717, 1.165) is 0 Å². The molecule has 1 N–H and O–H groups in total. The van der Waals surface area contributed by atoms with Crippen molar-refractivity contribution in [2.24, 2.45) is 0 Å². The van der Waals surface area contributed by atoms with Crippen molar-refractivity contribution in [3.05, 3.63) is 33.0 Å². The maximum absolute atomic E-state index is 14.4. The molecule has 0 aliphatic heterocycles. The summed E-state index contributed by atoms with van der Waals surface area (Å²) in [6, 6.07) is 2.02. The van der Waals surface area contributed by atoms with Gasteiger partial charge in [0.05, 0.1) is 23.5 Å². The lowest BCUT2D eigenvalue weighted by Gasteiger charge is -2.28. The SMILES string of the molecule is CCOC(=O)C[C@H](N[S@+]([O-])C(C)(C)C)c1cc(Cl)cc(Br)c1F. The van der Waals surface area contributed by atoms with Crippen LogP contribution in [0.2, 0.25) is 5.02 Å². The second-order valence-electron chi connectivity index (χ2n) is 5.85. The van der Waals surface area contributed by atoms with E-state index in [4.69, 9.17) is 16.3 Å². The Morgan fingerprint density at radius 2 is 2.13 bits per heavy atom. The topological polar surface area (TPSA) is 61.4 Å². The lowest BCUT2D eigenvalue weighted by molar-refractivity contribution is -0.143. The van der Waals surface area contributed by atoms with Crippen molar-refractivity contribution < 1.29 is 18.5 Å². The minimum absolute atomic E-state index is 0.153. The number of rotatable bonds is 6. The summed E-state index contributed by atoms with van der Waals surface area (Å²) >= 11 is 7.57. The van der Waals surface area contributed by atoms with Crippen molar-refractivity contribution in [3.8, 4) is 0 Å². The summed E-state index contributed by atoms with van der Waals surface area (Å²) in [7, 11) is 0. The van der Waals surface area contributed by atoms with Crippen LogP contribution in [0.15, 0.2) is 16.6 Å². The van der Waals surface area contributed by atoms with Crippen LogP contribution in [0.4, 0.5) is 4.39 Å². The maximum atomic E-state index is 14.4. The first-order chi connectivity index (χ1) is 10.6. The number of esters is 1. The van der Waals surface area contributed by atoms with Crippen LogP contribution < -0.4 is 4.72 Å². The van der Waals surface area contributed by atoms with Gasteiger partial charge in [0.25, 0.3) is 0 Å². The highest BCUT2D eigenvalue weighted by Gasteiger charge is 2.32. The van der Waals surface area contributed by atoms with Crippen LogP contribution in [0.1, 0.15) is 45.7 Å². The minimum Gasteiger partial charge on any atom is -0.598 e. The normalized spacial score (nSPS) is 14.4. The number of halogens is 3. The van der Waals surface area contributed by atoms with Crippen LogP contribution >= 0.6 is 27.5 Å². The van der Waals surface area contributed by atoms with Gasteiger partial charge in [-0.25, -0.2) is 4.39 Å². The van der Waals surface area contributed by atoms with Gasteiger partial charge in [0.1, 0.15) is 10.6 Å². The molecule has 0 spiro atoms. The predicted octanol–water partition coefficient (Wildman–Crippen LogP) is 4.29. The molecule has 0 aliphatic rings. The Kier molecular flexibility index (Phi) is 7.80. The molecule has 8 heteroatoms. The molecule has 0 radical (unpaired) electrons. The third kappa shape index (κ3) is 6.23. The molecule has 0 saturated heterocycles. The van der Waals surface area contributed by atoms with E-state index in [2.05, 4.69) is 20.7 Å². The molecule has 0 saturated carbocycles. The predicted molar refractivity (Wildman–Crippen MR) is 94.1 cm³/mol. The average molecular weight is 429 g/mol. The number of hydrogen-bond acceptors (Lipinski definition) is 4. The van der Waals surface area contributed by atoms with Crippen LogP contribution in [0.5, 0.6) is 0 Å². The zero-order chi connectivity index (χ0) is 17.8. The Hall–Kier alpha value is -0.340. The van der Waals surface area contributed by atoms with E-state index in [-0.39, 0.29) is 23.1 Å². The summed E-state index contributed by atoms with van der Waals surface area (Å²) in [5.41, 5.74) is 0.162. The highest BCUT2D eigenvalue weighted by Crippen LogP contribution is 2.31. The van der Waals surface area contributed by atoms with Crippen molar-refractivity contribution in [2.45, 2.75) is 44.9 Å². The number of hydrogen-bond donors (Lipinski definition) is 1. The average Bonchev–Trinajstić information content (AvgIpc) is 2.41. The van der Waals surface area contributed by atoms with Gasteiger partial charge in [-0.05, 0) is 55.8 Å². The molecule has 0 fully saturated rings. The van der Waals surface area contributed by atoms with Gasteiger partial charge in [0.2, 0.25) is 0 Å². The van der Waals surface area contributed by atoms with Crippen LogP contribution in [-0.4, -0.2) is 21.9 Å². The van der Waals surface area contributed by atoms with E-state index in [1.807, 2.05) is 0 Å². The molecule has 1 aromatic carbocycles. The Morgan fingerprint density at radius 3 is 2.65 bits per heavy atom. The standard InChI is InChI=1S/C15H20BrClFNO3S/c1-5-22-13(20)8-12(19-23(21)15(2,3)4)10-6-9(17)7-11(16)14(10)18/h6-7,12,19H,5,8H2,1-4H3/t12-,23+/m0/s1. The fourth-order valence-corrected chi connectivity index (χ4v) is 3.39. The quantitative estimate of drug-likeness (QED) is 0.417. The van der Waals surface area contributed by atoms with Gasteiger partial charge in [0.15, 0.2) is 0 Å². The summed E-state index contributed by atoms with van der Waals surface area (Å²) in [4.78, 5) is 11.8. The Labute approximate surface area is 152 Å². The van der Waals surface area contributed by atoms with E-state index in [0.29, 0.717) is 5.02 Å². The first-order valence-corrected chi connectivity index (χ1v) is 9.36. The lowest BCUT2D eigenvalue weighted by Crippen LogP contribution is -2.42. The minimum atomic E-state index is -1.49. The smallest absolute Gasteiger partial charge is 0.307 e. The molecule has 1 aromatic rings. The third-order valence-electron chi connectivity index (χ3n) is 2.88. The van der Waals surface area contributed by atoms with Crippen molar-refractivity contribution in [2.75, 3.05) is 6.61 Å². The first kappa shape index (κ1) is 20.7. The number of benzene rings is 1. The third-order valence-corrected chi connectivity index (χ3v) is 5.28. The van der Waals surface area contributed by atoms with Crippen molar-refractivity contribution in [3.63, 3.8) is 0 Å². The molecule has 1 rings (SSSR count). The highest BCUT2D eigenvalue weighted by molar-refractivity contribution is 9.10. The second-order valence-corrected chi connectivity index (χ2v) is 9.14. The van der Waals surface area contributed by atoms with E-state index in [9.17, 15) is 13.7 Å². The fourth-order valence-electron chi connectivity index (χ4n) is 1.74. The Morgan fingerprint density at radius 1 is 1.52 bits per heavy atom. The summed E-state index contributed by atoms with van der Waals surface area (Å²) in [5.74, 6) is -1.06. The molecule has 2 atom stereocenters. The number of nitrogens with one attached hydrogen (secondary N) is 1. The Bertz CT molecular complexity index is 568. The van der Waals surface area contributed by atoms with E-state index >= 15 is 0 Å². The Balaban J connectivity index is 3.16. The van der Waals surface area contributed by atoms with Gasteiger partial charge in [-0.15, -0.1) is 4.72 Å². The fraction of sp³-hybridized carbons (Fsp3) is 0.533. The highest BCUT2D eigenvalue weighted by atomic mass is 79.9. The molecule has 130 valence electrons. The van der Waals surface area contributed by atoms with Crippen LogP contribution in [0, 0.1) is 5.82 Å². The second kappa shape index (κ2) is 8.67. The van der Waals surface area contributed by atoms with E-state index in [1.54, 1.807) is 27.7 Å². The summed E-state index contributed by atoms with van der Waals surface area (Å²) in [5, 5.41) is 0.311.